The van der Waals surface area contributed by atoms with E-state index in [2.05, 4.69) is 5.32 Å². The maximum absolute atomic E-state index is 12.8. The van der Waals surface area contributed by atoms with Gasteiger partial charge in [0.1, 0.15) is 5.75 Å². The number of benzene rings is 2. The average molecular weight is 380 g/mol. The van der Waals surface area contributed by atoms with Crippen molar-refractivity contribution in [1.29, 1.82) is 0 Å². The summed E-state index contributed by atoms with van der Waals surface area (Å²) in [6, 6.07) is 11.6. The van der Waals surface area contributed by atoms with Gasteiger partial charge in [0, 0.05) is 24.2 Å². The van der Waals surface area contributed by atoms with E-state index in [1.165, 1.54) is 24.8 Å². The summed E-state index contributed by atoms with van der Waals surface area (Å²) in [7, 11) is 1.54. The molecule has 144 valence electrons. The van der Waals surface area contributed by atoms with Gasteiger partial charge in [-0.05, 0) is 49.4 Å². The standard InChI is InChI=1S/C21H20N2O5/c1-4-28-21(26)14-5-7-15(8-6-14)22-20(25)18-12-23(13(2)24)19-10-9-16(27-3)11-17(18)19/h5-12H,4H2,1-3H3,(H,22,25). The zero-order chi connectivity index (χ0) is 20.3. The van der Waals surface area contributed by atoms with E-state index in [0.717, 1.165) is 0 Å². The molecule has 3 aromatic rings. The number of nitrogens with one attached hydrogen (secondary N) is 1. The summed E-state index contributed by atoms with van der Waals surface area (Å²) in [6.45, 7) is 3.46. The van der Waals surface area contributed by atoms with Crippen LogP contribution in [0.4, 0.5) is 5.69 Å². The lowest BCUT2D eigenvalue weighted by atomic mass is 10.1. The Morgan fingerprint density at radius 1 is 1.07 bits per heavy atom. The van der Waals surface area contributed by atoms with Gasteiger partial charge in [-0.15, -0.1) is 0 Å². The minimum atomic E-state index is -0.419. The highest BCUT2D eigenvalue weighted by atomic mass is 16.5. The summed E-state index contributed by atoms with van der Waals surface area (Å²) in [6.07, 6.45) is 1.51. The molecule has 0 radical (unpaired) electrons. The van der Waals surface area contributed by atoms with Gasteiger partial charge in [-0.1, -0.05) is 0 Å². The Bertz CT molecular complexity index is 1050. The summed E-state index contributed by atoms with van der Waals surface area (Å²) >= 11 is 0. The molecule has 7 nitrogen and oxygen atoms in total. The lowest BCUT2D eigenvalue weighted by molar-refractivity contribution is 0.0526. The van der Waals surface area contributed by atoms with E-state index in [-0.39, 0.29) is 11.8 Å². The third kappa shape index (κ3) is 3.73. The number of aromatic nitrogens is 1. The molecule has 1 heterocycles. The van der Waals surface area contributed by atoms with E-state index >= 15 is 0 Å². The zero-order valence-electron chi connectivity index (χ0n) is 15.8. The lowest BCUT2D eigenvalue weighted by Crippen LogP contribution is -2.12. The number of esters is 1. The number of anilines is 1. The lowest BCUT2D eigenvalue weighted by Gasteiger charge is -2.06. The molecule has 0 unspecified atom stereocenters. The van der Waals surface area contributed by atoms with Crippen LogP contribution in [-0.2, 0) is 4.74 Å². The quantitative estimate of drug-likeness (QED) is 0.682. The fourth-order valence-electron chi connectivity index (χ4n) is 2.88. The Hall–Kier alpha value is -3.61. The summed E-state index contributed by atoms with van der Waals surface area (Å²) in [5.41, 5.74) is 1.89. The molecule has 1 amide bonds. The molecule has 0 atom stereocenters. The van der Waals surface area contributed by atoms with Gasteiger partial charge in [0.05, 0.1) is 30.4 Å². The van der Waals surface area contributed by atoms with Crippen molar-refractivity contribution in [3.8, 4) is 5.75 Å². The first kappa shape index (κ1) is 19.2. The molecule has 28 heavy (non-hydrogen) atoms. The summed E-state index contributed by atoms with van der Waals surface area (Å²) in [5, 5.41) is 3.39. The van der Waals surface area contributed by atoms with Gasteiger partial charge in [-0.25, -0.2) is 4.79 Å². The maximum Gasteiger partial charge on any atom is 0.338 e. The Kier molecular flexibility index (Phi) is 5.44. The van der Waals surface area contributed by atoms with Crippen molar-refractivity contribution in [3.05, 3.63) is 59.8 Å². The highest BCUT2D eigenvalue weighted by Gasteiger charge is 2.18. The second kappa shape index (κ2) is 7.96. The van der Waals surface area contributed by atoms with Crippen molar-refractivity contribution >= 4 is 34.4 Å². The van der Waals surface area contributed by atoms with Gasteiger partial charge in [0.15, 0.2) is 0 Å². The number of carbonyl (C=O) groups excluding carboxylic acids is 3. The second-order valence-electron chi connectivity index (χ2n) is 6.07. The van der Waals surface area contributed by atoms with E-state index in [4.69, 9.17) is 9.47 Å². The largest absolute Gasteiger partial charge is 0.497 e. The molecule has 7 heteroatoms. The normalized spacial score (nSPS) is 10.5. The molecule has 1 N–H and O–H groups in total. The van der Waals surface area contributed by atoms with Crippen LogP contribution in [0.3, 0.4) is 0 Å². The van der Waals surface area contributed by atoms with Crippen LogP contribution in [0.1, 0.15) is 39.4 Å². The van der Waals surface area contributed by atoms with Crippen molar-refractivity contribution in [2.45, 2.75) is 13.8 Å². The number of fused-ring (bicyclic) bond motifs is 1. The first-order valence-corrected chi connectivity index (χ1v) is 8.73. The molecule has 0 fully saturated rings. The Morgan fingerprint density at radius 2 is 1.79 bits per heavy atom. The van der Waals surface area contributed by atoms with Crippen LogP contribution in [0, 0.1) is 0 Å². The Balaban J connectivity index is 1.91. The third-order valence-corrected chi connectivity index (χ3v) is 4.25. The summed E-state index contributed by atoms with van der Waals surface area (Å²) in [4.78, 5) is 36.5. The first-order valence-electron chi connectivity index (χ1n) is 8.73. The van der Waals surface area contributed by atoms with E-state index in [0.29, 0.717) is 40.1 Å². The van der Waals surface area contributed by atoms with Crippen LogP contribution in [0.25, 0.3) is 10.9 Å². The fraction of sp³-hybridized carbons (Fsp3) is 0.190. The fourth-order valence-corrected chi connectivity index (χ4v) is 2.88. The number of amides is 1. The average Bonchev–Trinajstić information content (AvgIpc) is 3.07. The number of rotatable bonds is 5. The summed E-state index contributed by atoms with van der Waals surface area (Å²) in [5.74, 6) is -0.409. The molecule has 3 rings (SSSR count). The van der Waals surface area contributed by atoms with Gasteiger partial charge < -0.3 is 14.8 Å². The van der Waals surface area contributed by atoms with Crippen LogP contribution in [0.5, 0.6) is 5.75 Å². The number of ether oxygens (including phenoxy) is 2. The van der Waals surface area contributed by atoms with E-state index in [9.17, 15) is 14.4 Å². The zero-order valence-corrected chi connectivity index (χ0v) is 15.8. The molecule has 2 aromatic carbocycles. The molecule has 0 saturated carbocycles. The molecular formula is C21H20N2O5. The smallest absolute Gasteiger partial charge is 0.338 e. The van der Waals surface area contributed by atoms with E-state index in [1.807, 2.05) is 0 Å². The van der Waals surface area contributed by atoms with Gasteiger partial charge >= 0.3 is 5.97 Å². The minimum absolute atomic E-state index is 0.201. The second-order valence-corrected chi connectivity index (χ2v) is 6.07. The number of hydrogen-bond acceptors (Lipinski definition) is 5. The molecule has 0 saturated heterocycles. The molecule has 0 bridgehead atoms. The van der Waals surface area contributed by atoms with Crippen molar-refractivity contribution in [2.24, 2.45) is 0 Å². The predicted octanol–water partition coefficient (Wildman–Crippen LogP) is 3.74. The van der Waals surface area contributed by atoms with E-state index in [1.54, 1.807) is 49.4 Å². The monoisotopic (exact) mass is 380 g/mol. The molecule has 0 aliphatic carbocycles. The molecular weight excluding hydrogens is 360 g/mol. The SMILES string of the molecule is CCOC(=O)c1ccc(NC(=O)c2cn(C(C)=O)c3ccc(OC)cc23)cc1. The van der Waals surface area contributed by atoms with Gasteiger partial charge in [0.25, 0.3) is 5.91 Å². The number of nitrogens with zero attached hydrogens (tertiary/aromatic N) is 1. The van der Waals surface area contributed by atoms with Crippen molar-refractivity contribution in [3.63, 3.8) is 0 Å². The van der Waals surface area contributed by atoms with Crippen LogP contribution in [0.15, 0.2) is 48.7 Å². The predicted molar refractivity (Wildman–Crippen MR) is 105 cm³/mol. The van der Waals surface area contributed by atoms with Gasteiger partial charge in [0.2, 0.25) is 5.91 Å². The highest BCUT2D eigenvalue weighted by Crippen LogP contribution is 2.27. The van der Waals surface area contributed by atoms with Crippen molar-refractivity contribution in [1.82, 2.24) is 4.57 Å². The van der Waals surface area contributed by atoms with Crippen LogP contribution in [0.2, 0.25) is 0 Å². The highest BCUT2D eigenvalue weighted by molar-refractivity contribution is 6.14. The number of methoxy groups -OCH3 is 1. The van der Waals surface area contributed by atoms with Crippen LogP contribution in [-0.4, -0.2) is 36.1 Å². The molecule has 0 spiro atoms. The summed E-state index contributed by atoms with van der Waals surface area (Å²) < 4.78 is 11.6. The topological polar surface area (TPSA) is 86.6 Å². The maximum atomic E-state index is 12.8. The number of carbonyl (C=O) groups is 3. The van der Waals surface area contributed by atoms with E-state index < -0.39 is 5.97 Å². The minimum Gasteiger partial charge on any atom is -0.497 e. The molecule has 1 aromatic heterocycles. The third-order valence-electron chi connectivity index (χ3n) is 4.25. The van der Waals surface area contributed by atoms with Gasteiger partial charge in [-0.2, -0.15) is 0 Å². The molecule has 0 aliphatic rings. The van der Waals surface area contributed by atoms with Crippen LogP contribution >= 0.6 is 0 Å². The molecule has 0 aliphatic heterocycles. The van der Waals surface area contributed by atoms with Crippen LogP contribution < -0.4 is 10.1 Å². The van der Waals surface area contributed by atoms with Gasteiger partial charge in [-0.3, -0.25) is 14.2 Å². The Morgan fingerprint density at radius 3 is 2.39 bits per heavy atom. The first-order chi connectivity index (χ1) is 13.4. The van der Waals surface area contributed by atoms with Crippen molar-refractivity contribution < 1.29 is 23.9 Å². The van der Waals surface area contributed by atoms with Crippen molar-refractivity contribution in [2.75, 3.05) is 19.0 Å². The Labute approximate surface area is 161 Å². The number of hydrogen-bond donors (Lipinski definition) is 1.